The lowest BCUT2D eigenvalue weighted by Gasteiger charge is -2.17. The number of aromatic nitrogens is 2. The predicted octanol–water partition coefficient (Wildman–Crippen LogP) is 5.07. The minimum absolute atomic E-state index is 0.256. The normalized spacial score (nSPS) is 12.5. The van der Waals surface area contributed by atoms with Gasteiger partial charge in [-0.1, -0.05) is 30.3 Å². The molecule has 1 heterocycles. The van der Waals surface area contributed by atoms with Crippen molar-refractivity contribution in [3.8, 4) is 5.69 Å². The van der Waals surface area contributed by atoms with Crippen molar-refractivity contribution >= 4 is 6.03 Å². The Hall–Kier alpha value is -3.29. The molecule has 0 aliphatic rings. The zero-order chi connectivity index (χ0) is 21.9. The van der Waals surface area contributed by atoms with E-state index in [-0.39, 0.29) is 6.54 Å². The summed E-state index contributed by atoms with van der Waals surface area (Å²) >= 11 is 0. The van der Waals surface area contributed by atoms with Crippen LogP contribution < -0.4 is 10.6 Å². The van der Waals surface area contributed by atoms with Crippen LogP contribution in [0.2, 0.25) is 0 Å². The highest BCUT2D eigenvalue weighted by molar-refractivity contribution is 5.74. The molecule has 3 rings (SSSR count). The number of para-hydroxylation sites is 1. The highest BCUT2D eigenvalue weighted by Gasteiger charge is 2.30. The fourth-order valence-corrected chi connectivity index (χ4v) is 3.24. The van der Waals surface area contributed by atoms with Gasteiger partial charge in [0, 0.05) is 17.8 Å². The number of halogens is 3. The second-order valence-electron chi connectivity index (χ2n) is 7.07. The third-order valence-electron chi connectivity index (χ3n) is 4.93. The molecule has 5 nitrogen and oxygen atoms in total. The maximum atomic E-state index is 12.9. The summed E-state index contributed by atoms with van der Waals surface area (Å²) in [7, 11) is 0. The highest BCUT2D eigenvalue weighted by atomic mass is 19.4. The molecular formula is C22H23F3N4O. The number of hydrogen-bond acceptors (Lipinski definition) is 2. The van der Waals surface area contributed by atoms with Gasteiger partial charge < -0.3 is 10.6 Å². The Labute approximate surface area is 172 Å². The molecule has 0 bridgehead atoms. The van der Waals surface area contributed by atoms with E-state index in [2.05, 4.69) is 15.7 Å². The second kappa shape index (κ2) is 8.61. The molecule has 0 aliphatic heterocycles. The summed E-state index contributed by atoms with van der Waals surface area (Å²) in [5.74, 6) is 0. The number of amides is 2. The quantitative estimate of drug-likeness (QED) is 0.610. The number of carbonyl (C=O) groups is 1. The van der Waals surface area contributed by atoms with Crippen LogP contribution in [-0.4, -0.2) is 15.8 Å². The minimum Gasteiger partial charge on any atom is -0.334 e. The Kier molecular flexibility index (Phi) is 6.14. The third kappa shape index (κ3) is 4.82. The van der Waals surface area contributed by atoms with Gasteiger partial charge in [-0.05, 0) is 50.6 Å². The molecule has 2 N–H and O–H groups in total. The van der Waals surface area contributed by atoms with Crippen molar-refractivity contribution < 1.29 is 18.0 Å². The number of carbonyl (C=O) groups excluding carboxylic acids is 1. The van der Waals surface area contributed by atoms with Crippen molar-refractivity contribution in [1.82, 2.24) is 20.4 Å². The third-order valence-corrected chi connectivity index (χ3v) is 4.93. The van der Waals surface area contributed by atoms with E-state index in [0.717, 1.165) is 34.8 Å². The van der Waals surface area contributed by atoms with E-state index in [4.69, 9.17) is 0 Å². The molecule has 0 radical (unpaired) electrons. The predicted molar refractivity (Wildman–Crippen MR) is 108 cm³/mol. The number of alkyl halides is 3. The van der Waals surface area contributed by atoms with Crippen molar-refractivity contribution in [3.63, 3.8) is 0 Å². The van der Waals surface area contributed by atoms with Gasteiger partial charge in [0.25, 0.3) is 0 Å². The van der Waals surface area contributed by atoms with Gasteiger partial charge in [-0.15, -0.1) is 0 Å². The molecule has 1 atom stereocenters. The van der Waals surface area contributed by atoms with Crippen LogP contribution in [0.5, 0.6) is 0 Å². The Morgan fingerprint density at radius 2 is 1.80 bits per heavy atom. The van der Waals surface area contributed by atoms with Gasteiger partial charge in [-0.25, -0.2) is 9.48 Å². The van der Waals surface area contributed by atoms with Crippen molar-refractivity contribution in [2.75, 3.05) is 0 Å². The van der Waals surface area contributed by atoms with Gasteiger partial charge in [0.15, 0.2) is 0 Å². The van der Waals surface area contributed by atoms with E-state index in [9.17, 15) is 18.0 Å². The molecule has 1 aromatic heterocycles. The van der Waals surface area contributed by atoms with Gasteiger partial charge in [-0.2, -0.15) is 18.3 Å². The van der Waals surface area contributed by atoms with Crippen LogP contribution in [0.1, 0.15) is 41.0 Å². The molecule has 30 heavy (non-hydrogen) atoms. The average Bonchev–Trinajstić information content (AvgIpc) is 3.00. The van der Waals surface area contributed by atoms with Crippen molar-refractivity contribution in [2.45, 2.75) is 39.5 Å². The SMILES string of the molecule is Cc1nn(-c2ccccc2)c(C)c1CNC(=O)NC(C)c1cccc(C(F)(F)F)c1. The number of hydrogen-bond donors (Lipinski definition) is 2. The smallest absolute Gasteiger partial charge is 0.334 e. The Balaban J connectivity index is 1.65. The maximum absolute atomic E-state index is 12.9. The Morgan fingerprint density at radius 3 is 2.47 bits per heavy atom. The zero-order valence-corrected chi connectivity index (χ0v) is 16.9. The molecule has 3 aromatic rings. The summed E-state index contributed by atoms with van der Waals surface area (Å²) in [6, 6.07) is 13.5. The van der Waals surface area contributed by atoms with Gasteiger partial charge >= 0.3 is 12.2 Å². The topological polar surface area (TPSA) is 59.0 Å². The van der Waals surface area contributed by atoms with Gasteiger partial charge in [0.2, 0.25) is 0 Å². The Morgan fingerprint density at radius 1 is 1.10 bits per heavy atom. The van der Waals surface area contributed by atoms with Crippen molar-refractivity contribution in [2.24, 2.45) is 0 Å². The first kappa shape index (κ1) is 21.4. The lowest BCUT2D eigenvalue weighted by molar-refractivity contribution is -0.137. The van der Waals surface area contributed by atoms with E-state index in [0.29, 0.717) is 5.56 Å². The summed E-state index contributed by atoms with van der Waals surface area (Å²) in [5, 5.41) is 9.98. The van der Waals surface area contributed by atoms with Crippen molar-refractivity contribution in [1.29, 1.82) is 0 Å². The van der Waals surface area contributed by atoms with Gasteiger partial charge in [0.1, 0.15) is 0 Å². The largest absolute Gasteiger partial charge is 0.416 e. The summed E-state index contributed by atoms with van der Waals surface area (Å²) < 4.78 is 40.5. The molecule has 0 fully saturated rings. The van der Waals surface area contributed by atoms with Crippen LogP contribution >= 0.6 is 0 Å². The molecule has 8 heteroatoms. The maximum Gasteiger partial charge on any atom is 0.416 e. The fraction of sp³-hybridized carbons (Fsp3) is 0.273. The standard InChI is InChI=1S/C22H23F3N4O/c1-14(17-8-7-9-18(12-17)22(23,24)25)27-21(30)26-13-20-15(2)28-29(16(20)3)19-10-5-4-6-11-19/h4-12,14H,13H2,1-3H3,(H2,26,27,30). The first-order chi connectivity index (χ1) is 14.2. The van der Waals surface area contributed by atoms with Gasteiger partial charge in [-0.3, -0.25) is 0 Å². The molecule has 1 unspecified atom stereocenters. The second-order valence-corrected chi connectivity index (χ2v) is 7.07. The fourth-order valence-electron chi connectivity index (χ4n) is 3.24. The lowest BCUT2D eigenvalue weighted by Crippen LogP contribution is -2.36. The van der Waals surface area contributed by atoms with Crippen LogP contribution in [0.4, 0.5) is 18.0 Å². The summed E-state index contributed by atoms with van der Waals surface area (Å²) in [6.07, 6.45) is -4.42. The summed E-state index contributed by atoms with van der Waals surface area (Å²) in [6.45, 7) is 5.68. The summed E-state index contributed by atoms with van der Waals surface area (Å²) in [4.78, 5) is 12.3. The molecule has 0 aliphatic carbocycles. The van der Waals surface area contributed by atoms with E-state index in [1.54, 1.807) is 13.0 Å². The molecule has 158 valence electrons. The first-order valence-electron chi connectivity index (χ1n) is 9.49. The monoisotopic (exact) mass is 416 g/mol. The molecule has 2 aromatic carbocycles. The van der Waals surface area contributed by atoms with E-state index in [1.165, 1.54) is 6.07 Å². The number of aryl methyl sites for hydroxylation is 1. The Bertz CT molecular complexity index is 1030. The molecule has 0 saturated carbocycles. The van der Waals surface area contributed by atoms with Crippen LogP contribution in [0, 0.1) is 13.8 Å². The molecule has 2 amide bonds. The number of rotatable bonds is 5. The van der Waals surface area contributed by atoms with Crippen LogP contribution in [0.3, 0.4) is 0 Å². The van der Waals surface area contributed by atoms with Crippen LogP contribution in [0.15, 0.2) is 54.6 Å². The number of nitrogens with zero attached hydrogens (tertiary/aromatic N) is 2. The molecule has 0 spiro atoms. The van der Waals surface area contributed by atoms with E-state index >= 15 is 0 Å². The average molecular weight is 416 g/mol. The number of urea groups is 1. The first-order valence-corrected chi connectivity index (χ1v) is 9.49. The summed E-state index contributed by atoms with van der Waals surface area (Å²) in [5.41, 5.74) is 3.15. The molecule has 0 saturated heterocycles. The number of benzene rings is 2. The lowest BCUT2D eigenvalue weighted by atomic mass is 10.1. The van der Waals surface area contributed by atoms with Crippen LogP contribution in [-0.2, 0) is 12.7 Å². The molecular weight excluding hydrogens is 393 g/mol. The highest BCUT2D eigenvalue weighted by Crippen LogP contribution is 2.30. The van der Waals surface area contributed by atoms with Gasteiger partial charge in [0.05, 0.1) is 23.0 Å². The minimum atomic E-state index is -4.42. The van der Waals surface area contributed by atoms with Crippen LogP contribution in [0.25, 0.3) is 5.69 Å². The van der Waals surface area contributed by atoms with E-state index < -0.39 is 23.8 Å². The van der Waals surface area contributed by atoms with Crippen molar-refractivity contribution in [3.05, 3.63) is 82.7 Å². The zero-order valence-electron chi connectivity index (χ0n) is 16.9. The van der Waals surface area contributed by atoms with E-state index in [1.807, 2.05) is 48.9 Å². The number of nitrogens with one attached hydrogen (secondary N) is 2.